The molecule has 1 heterocycles. The first kappa shape index (κ1) is 23.4. The Morgan fingerprint density at radius 3 is 2.66 bits per heavy atom. The number of ether oxygens (including phenoxy) is 1. The Labute approximate surface area is 189 Å². The van der Waals surface area contributed by atoms with Crippen molar-refractivity contribution in [2.75, 3.05) is 45.7 Å². The molecule has 0 aliphatic carbocycles. The van der Waals surface area contributed by atoms with Crippen LogP contribution in [-0.2, 0) is 11.3 Å². The Hall–Kier alpha value is -3.29. The summed E-state index contributed by atoms with van der Waals surface area (Å²) in [6.45, 7) is 2.07. The fourth-order valence-corrected chi connectivity index (χ4v) is 3.59. The average Bonchev–Trinajstić information content (AvgIpc) is 2.81. The number of nitrogens with zero attached hydrogens (tertiary/aromatic N) is 3. The number of para-hydroxylation sites is 1. The van der Waals surface area contributed by atoms with Crippen LogP contribution in [0.3, 0.4) is 0 Å². The minimum absolute atomic E-state index is 0.0411. The van der Waals surface area contributed by atoms with Gasteiger partial charge in [-0.2, -0.15) is 0 Å². The summed E-state index contributed by atoms with van der Waals surface area (Å²) in [7, 11) is 5.08. The van der Waals surface area contributed by atoms with Crippen molar-refractivity contribution in [2.45, 2.75) is 25.4 Å². The molecule has 1 saturated heterocycles. The molecule has 0 aromatic heterocycles. The van der Waals surface area contributed by atoms with E-state index in [0.717, 1.165) is 30.7 Å². The topological polar surface area (TPSA) is 69.2 Å². The standard InChI is InChI=1S/C24H32FN5O2/c1-29(2)23(31)16-27-24(26-15-18-10-12-20(32-3)13-11-18)28-19-7-6-14-30(17-19)22-9-5-4-8-21(22)25/h4-5,8-13,19H,6-7,14-17H2,1-3H3,(H2,26,27,28). The van der Waals surface area contributed by atoms with Crippen LogP contribution in [-0.4, -0.2) is 63.6 Å². The van der Waals surface area contributed by atoms with Crippen LogP contribution in [0.2, 0.25) is 0 Å². The Morgan fingerprint density at radius 1 is 1.22 bits per heavy atom. The third-order valence-corrected chi connectivity index (χ3v) is 5.44. The van der Waals surface area contributed by atoms with Crippen LogP contribution in [0.5, 0.6) is 5.75 Å². The number of rotatable bonds is 7. The molecule has 1 aliphatic heterocycles. The molecule has 2 aromatic rings. The smallest absolute Gasteiger partial charge is 0.241 e. The normalized spacial score (nSPS) is 16.4. The molecule has 3 rings (SSSR count). The molecule has 0 radical (unpaired) electrons. The van der Waals surface area contributed by atoms with E-state index >= 15 is 0 Å². The second-order valence-electron chi connectivity index (χ2n) is 8.04. The number of halogens is 1. The fraction of sp³-hybridized carbons (Fsp3) is 0.417. The van der Waals surface area contributed by atoms with E-state index in [4.69, 9.17) is 4.74 Å². The van der Waals surface area contributed by atoms with Gasteiger partial charge in [0, 0.05) is 33.2 Å². The van der Waals surface area contributed by atoms with Crippen LogP contribution in [0.15, 0.2) is 53.5 Å². The van der Waals surface area contributed by atoms with Gasteiger partial charge in [-0.25, -0.2) is 9.38 Å². The summed E-state index contributed by atoms with van der Waals surface area (Å²) in [6, 6.07) is 14.7. The lowest BCUT2D eigenvalue weighted by atomic mass is 10.0. The predicted molar refractivity (Wildman–Crippen MR) is 126 cm³/mol. The van der Waals surface area contributed by atoms with E-state index in [2.05, 4.69) is 20.5 Å². The lowest BCUT2D eigenvalue weighted by Crippen LogP contribution is -2.52. The maximum Gasteiger partial charge on any atom is 0.241 e. The zero-order chi connectivity index (χ0) is 22.9. The van der Waals surface area contributed by atoms with Gasteiger partial charge in [-0.3, -0.25) is 4.79 Å². The highest BCUT2D eigenvalue weighted by atomic mass is 19.1. The van der Waals surface area contributed by atoms with Crippen LogP contribution in [0.1, 0.15) is 18.4 Å². The van der Waals surface area contributed by atoms with Crippen LogP contribution in [0.4, 0.5) is 10.1 Å². The lowest BCUT2D eigenvalue weighted by Gasteiger charge is -2.35. The predicted octanol–water partition coefficient (Wildman–Crippen LogP) is 2.63. The molecule has 0 saturated carbocycles. The molecule has 1 fully saturated rings. The third-order valence-electron chi connectivity index (χ3n) is 5.44. The van der Waals surface area contributed by atoms with Gasteiger partial charge in [0.15, 0.2) is 5.96 Å². The molecule has 2 N–H and O–H groups in total. The third kappa shape index (κ3) is 6.60. The van der Waals surface area contributed by atoms with Crippen LogP contribution in [0, 0.1) is 5.82 Å². The molecular weight excluding hydrogens is 409 g/mol. The highest BCUT2D eigenvalue weighted by Crippen LogP contribution is 2.23. The first-order valence-electron chi connectivity index (χ1n) is 10.8. The lowest BCUT2D eigenvalue weighted by molar-refractivity contribution is -0.127. The molecule has 1 amide bonds. The first-order chi connectivity index (χ1) is 15.5. The van der Waals surface area contributed by atoms with Crippen molar-refractivity contribution in [2.24, 2.45) is 4.99 Å². The zero-order valence-corrected chi connectivity index (χ0v) is 19.0. The number of methoxy groups -OCH3 is 1. The van der Waals surface area contributed by atoms with Gasteiger partial charge in [0.25, 0.3) is 0 Å². The Bertz CT molecular complexity index is 917. The van der Waals surface area contributed by atoms with Gasteiger partial charge in [-0.1, -0.05) is 24.3 Å². The van der Waals surface area contributed by atoms with Gasteiger partial charge in [-0.15, -0.1) is 0 Å². The van der Waals surface area contributed by atoms with Gasteiger partial charge in [0.1, 0.15) is 11.6 Å². The van der Waals surface area contributed by atoms with E-state index in [1.165, 1.54) is 11.0 Å². The van der Waals surface area contributed by atoms with Crippen LogP contribution in [0.25, 0.3) is 0 Å². The zero-order valence-electron chi connectivity index (χ0n) is 19.0. The summed E-state index contributed by atoms with van der Waals surface area (Å²) in [4.78, 5) is 20.4. The van der Waals surface area contributed by atoms with E-state index in [0.29, 0.717) is 24.7 Å². The molecule has 2 aromatic carbocycles. The number of hydrogen-bond acceptors (Lipinski definition) is 4. The molecule has 8 heteroatoms. The fourth-order valence-electron chi connectivity index (χ4n) is 3.59. The van der Waals surface area contributed by atoms with E-state index in [1.807, 2.05) is 36.4 Å². The number of likely N-dealkylation sites (N-methyl/N-ethyl adjacent to an activating group) is 1. The van der Waals surface area contributed by atoms with E-state index in [1.54, 1.807) is 27.3 Å². The number of amides is 1. The quantitative estimate of drug-likeness (QED) is 0.511. The van der Waals surface area contributed by atoms with E-state index in [-0.39, 0.29) is 24.3 Å². The maximum atomic E-state index is 14.3. The van der Waals surface area contributed by atoms with Gasteiger partial charge in [0.05, 0.1) is 25.9 Å². The van der Waals surface area contributed by atoms with Gasteiger partial charge in [-0.05, 0) is 42.7 Å². The summed E-state index contributed by atoms with van der Waals surface area (Å²) in [6.07, 6.45) is 1.88. The second-order valence-corrected chi connectivity index (χ2v) is 8.04. The second kappa shape index (κ2) is 11.4. The highest BCUT2D eigenvalue weighted by molar-refractivity contribution is 5.86. The minimum Gasteiger partial charge on any atom is -0.497 e. The number of aliphatic imine (C=N–C) groups is 1. The van der Waals surface area contributed by atoms with Crippen molar-refractivity contribution in [1.29, 1.82) is 0 Å². The summed E-state index contributed by atoms with van der Waals surface area (Å²) >= 11 is 0. The van der Waals surface area contributed by atoms with Gasteiger partial charge >= 0.3 is 0 Å². The van der Waals surface area contributed by atoms with Crippen molar-refractivity contribution in [1.82, 2.24) is 15.5 Å². The number of guanidine groups is 1. The summed E-state index contributed by atoms with van der Waals surface area (Å²) in [5, 5.41) is 6.58. The Kier molecular flexibility index (Phi) is 8.30. The largest absolute Gasteiger partial charge is 0.497 e. The molecular formula is C24H32FN5O2. The number of benzene rings is 2. The first-order valence-corrected chi connectivity index (χ1v) is 10.8. The molecule has 172 valence electrons. The molecule has 1 atom stereocenters. The Balaban J connectivity index is 1.68. The Morgan fingerprint density at radius 2 is 1.97 bits per heavy atom. The van der Waals surface area contributed by atoms with Gasteiger partial charge in [0.2, 0.25) is 5.91 Å². The summed E-state index contributed by atoms with van der Waals surface area (Å²) < 4.78 is 19.5. The number of piperidine rings is 1. The van der Waals surface area contributed by atoms with Crippen LogP contribution < -0.4 is 20.3 Å². The van der Waals surface area contributed by atoms with Gasteiger partial charge < -0.3 is 25.2 Å². The molecule has 7 nitrogen and oxygen atoms in total. The van der Waals surface area contributed by atoms with Crippen molar-refractivity contribution in [3.05, 3.63) is 59.9 Å². The summed E-state index contributed by atoms with van der Waals surface area (Å²) in [5.41, 5.74) is 1.65. The molecule has 1 unspecified atom stereocenters. The monoisotopic (exact) mass is 441 g/mol. The average molecular weight is 442 g/mol. The van der Waals surface area contributed by atoms with Crippen molar-refractivity contribution in [3.63, 3.8) is 0 Å². The molecule has 32 heavy (non-hydrogen) atoms. The number of carbonyl (C=O) groups excluding carboxylic acids is 1. The SMILES string of the molecule is COc1ccc(CN=C(NCC(=O)N(C)C)NC2CCCN(c3ccccc3F)C2)cc1. The van der Waals surface area contributed by atoms with E-state index < -0.39 is 0 Å². The number of carbonyl (C=O) groups is 1. The van der Waals surface area contributed by atoms with E-state index in [9.17, 15) is 9.18 Å². The number of anilines is 1. The maximum absolute atomic E-state index is 14.3. The van der Waals surface area contributed by atoms with Crippen molar-refractivity contribution < 1.29 is 13.9 Å². The minimum atomic E-state index is -0.212. The molecule has 1 aliphatic rings. The molecule has 0 spiro atoms. The van der Waals surface area contributed by atoms with Crippen molar-refractivity contribution in [3.8, 4) is 5.75 Å². The molecule has 0 bridgehead atoms. The number of hydrogen-bond donors (Lipinski definition) is 2. The van der Waals surface area contributed by atoms with Crippen LogP contribution >= 0.6 is 0 Å². The highest BCUT2D eigenvalue weighted by Gasteiger charge is 2.23. The summed E-state index contributed by atoms with van der Waals surface area (Å²) in [5.74, 6) is 1.11. The van der Waals surface area contributed by atoms with Crippen molar-refractivity contribution >= 4 is 17.6 Å². The number of nitrogens with one attached hydrogen (secondary N) is 2.